The summed E-state index contributed by atoms with van der Waals surface area (Å²) in [6.45, 7) is 0. The van der Waals surface area contributed by atoms with E-state index in [0.29, 0.717) is 22.6 Å². The quantitative estimate of drug-likeness (QED) is 0.839. The largest absolute Gasteiger partial charge is 0.497 e. The molecule has 2 rings (SSSR count). The summed E-state index contributed by atoms with van der Waals surface area (Å²) in [4.78, 5) is 10.2. The molecule has 0 bridgehead atoms. The zero-order valence-electron chi connectivity index (χ0n) is 11.2. The van der Waals surface area contributed by atoms with Crippen LogP contribution in [0.15, 0.2) is 23.2 Å². The molecule has 6 nitrogen and oxygen atoms in total. The van der Waals surface area contributed by atoms with Gasteiger partial charge >= 0.3 is 0 Å². The number of methoxy groups -OCH3 is 1. The Hall–Kier alpha value is -1.89. The van der Waals surface area contributed by atoms with Crippen LogP contribution in [-0.2, 0) is 9.84 Å². The van der Waals surface area contributed by atoms with Crippen molar-refractivity contribution in [2.24, 2.45) is 0 Å². The van der Waals surface area contributed by atoms with Crippen molar-refractivity contribution in [1.29, 1.82) is 0 Å². The molecule has 1 aromatic heterocycles. The smallest absolute Gasteiger partial charge is 0.198 e. The summed E-state index contributed by atoms with van der Waals surface area (Å²) < 4.78 is 28.7. The summed E-state index contributed by atoms with van der Waals surface area (Å²) >= 11 is 0. The summed E-state index contributed by atoms with van der Waals surface area (Å²) in [5, 5.41) is -0.0294. The Labute approximate surface area is 112 Å². The molecule has 0 fully saturated rings. The molecule has 0 radical (unpaired) electrons. The Balaban J connectivity index is 2.81. The lowest BCUT2D eigenvalue weighted by atomic mass is 10.3. The zero-order valence-corrected chi connectivity index (χ0v) is 12.0. The van der Waals surface area contributed by atoms with Crippen LogP contribution in [0.3, 0.4) is 0 Å². The molecule has 0 unspecified atom stereocenters. The lowest BCUT2D eigenvalue weighted by molar-refractivity contribution is 0.415. The lowest BCUT2D eigenvalue weighted by Crippen LogP contribution is -2.17. The zero-order chi connectivity index (χ0) is 14.2. The first-order valence-electron chi connectivity index (χ1n) is 5.56. The van der Waals surface area contributed by atoms with Gasteiger partial charge in [0.05, 0.1) is 18.1 Å². The minimum absolute atomic E-state index is 0.0294. The number of ether oxygens (including phenoxy) is 1. The van der Waals surface area contributed by atoms with Gasteiger partial charge < -0.3 is 9.64 Å². The molecule has 0 atom stereocenters. The molecule has 0 aliphatic rings. The third kappa shape index (κ3) is 2.60. The van der Waals surface area contributed by atoms with E-state index in [4.69, 9.17) is 4.74 Å². The van der Waals surface area contributed by atoms with E-state index >= 15 is 0 Å². The maximum Gasteiger partial charge on any atom is 0.198 e. The van der Waals surface area contributed by atoms with Crippen LogP contribution in [0.5, 0.6) is 5.75 Å². The van der Waals surface area contributed by atoms with Crippen molar-refractivity contribution in [2.75, 3.05) is 32.4 Å². The van der Waals surface area contributed by atoms with Crippen LogP contribution < -0.4 is 9.64 Å². The molecule has 1 heterocycles. The minimum Gasteiger partial charge on any atom is -0.497 e. The van der Waals surface area contributed by atoms with Gasteiger partial charge in [0.2, 0.25) is 0 Å². The summed E-state index contributed by atoms with van der Waals surface area (Å²) in [5.74, 6) is 0.944. The van der Waals surface area contributed by atoms with Crippen LogP contribution in [0.1, 0.15) is 0 Å². The molecule has 102 valence electrons. The molecule has 0 aliphatic heterocycles. The Morgan fingerprint density at radius 2 is 1.84 bits per heavy atom. The highest BCUT2D eigenvalue weighted by Gasteiger charge is 2.19. The van der Waals surface area contributed by atoms with E-state index < -0.39 is 9.84 Å². The van der Waals surface area contributed by atoms with Crippen molar-refractivity contribution >= 4 is 26.7 Å². The number of rotatable bonds is 3. The van der Waals surface area contributed by atoms with Crippen LogP contribution >= 0.6 is 0 Å². The first-order valence-corrected chi connectivity index (χ1v) is 7.45. The Bertz CT molecular complexity index is 726. The number of sulfone groups is 1. The maximum atomic E-state index is 11.8. The van der Waals surface area contributed by atoms with Crippen LogP contribution in [-0.4, -0.2) is 45.8 Å². The van der Waals surface area contributed by atoms with E-state index in [2.05, 4.69) is 9.97 Å². The van der Waals surface area contributed by atoms with Gasteiger partial charge in [0.25, 0.3) is 0 Å². The number of hydrogen-bond acceptors (Lipinski definition) is 6. The SMILES string of the molecule is COc1ccc2nc(N(C)C)c(S(C)(=O)=O)nc2c1. The summed E-state index contributed by atoms with van der Waals surface area (Å²) in [5.41, 5.74) is 1.11. The van der Waals surface area contributed by atoms with Gasteiger partial charge in [0.1, 0.15) is 5.75 Å². The van der Waals surface area contributed by atoms with Crippen LogP contribution in [0, 0.1) is 0 Å². The predicted molar refractivity (Wildman–Crippen MR) is 73.5 cm³/mol. The van der Waals surface area contributed by atoms with E-state index in [1.165, 1.54) is 0 Å². The van der Waals surface area contributed by atoms with Gasteiger partial charge in [0, 0.05) is 26.4 Å². The van der Waals surface area contributed by atoms with Crippen molar-refractivity contribution in [3.8, 4) is 5.75 Å². The van der Waals surface area contributed by atoms with Crippen molar-refractivity contribution < 1.29 is 13.2 Å². The molecular formula is C12H15N3O3S. The van der Waals surface area contributed by atoms with Crippen molar-refractivity contribution in [3.63, 3.8) is 0 Å². The van der Waals surface area contributed by atoms with E-state index in [1.807, 2.05) is 0 Å². The number of hydrogen-bond donors (Lipinski definition) is 0. The van der Waals surface area contributed by atoms with Crippen LogP contribution in [0.2, 0.25) is 0 Å². The van der Waals surface area contributed by atoms with Gasteiger partial charge in [-0.3, -0.25) is 0 Å². The molecular weight excluding hydrogens is 266 g/mol. The number of benzene rings is 1. The van der Waals surface area contributed by atoms with Gasteiger partial charge in [-0.1, -0.05) is 0 Å². The normalized spacial score (nSPS) is 11.6. The highest BCUT2D eigenvalue weighted by atomic mass is 32.2. The summed E-state index contributed by atoms with van der Waals surface area (Å²) in [6, 6.07) is 5.17. The lowest BCUT2D eigenvalue weighted by Gasteiger charge is -2.15. The second kappa shape index (κ2) is 4.65. The van der Waals surface area contributed by atoms with E-state index in [-0.39, 0.29) is 5.03 Å². The highest BCUT2D eigenvalue weighted by molar-refractivity contribution is 7.90. The first kappa shape index (κ1) is 13.5. The number of anilines is 1. The fraction of sp³-hybridized carbons (Fsp3) is 0.333. The molecule has 2 aromatic rings. The fourth-order valence-electron chi connectivity index (χ4n) is 1.68. The van der Waals surface area contributed by atoms with Crippen molar-refractivity contribution in [1.82, 2.24) is 9.97 Å². The molecule has 19 heavy (non-hydrogen) atoms. The second-order valence-electron chi connectivity index (χ2n) is 4.37. The van der Waals surface area contributed by atoms with Gasteiger partial charge in [-0.2, -0.15) is 0 Å². The molecule has 0 N–H and O–H groups in total. The van der Waals surface area contributed by atoms with Crippen LogP contribution in [0.25, 0.3) is 11.0 Å². The third-order valence-corrected chi connectivity index (χ3v) is 3.57. The predicted octanol–water partition coefficient (Wildman–Crippen LogP) is 1.11. The number of aromatic nitrogens is 2. The first-order chi connectivity index (χ1) is 8.82. The summed E-state index contributed by atoms with van der Waals surface area (Å²) in [7, 11) is 1.56. The molecule has 0 saturated carbocycles. The van der Waals surface area contributed by atoms with Gasteiger partial charge in [-0.05, 0) is 12.1 Å². The van der Waals surface area contributed by atoms with E-state index in [9.17, 15) is 8.42 Å². The average Bonchev–Trinajstić information content (AvgIpc) is 2.35. The highest BCUT2D eigenvalue weighted by Crippen LogP contribution is 2.25. The average molecular weight is 281 g/mol. The summed E-state index contributed by atoms with van der Waals surface area (Å²) in [6.07, 6.45) is 1.12. The number of nitrogens with zero attached hydrogens (tertiary/aromatic N) is 3. The molecule has 0 spiro atoms. The minimum atomic E-state index is -3.45. The number of fused-ring (bicyclic) bond motifs is 1. The van der Waals surface area contributed by atoms with Crippen LogP contribution in [0.4, 0.5) is 5.82 Å². The standard InChI is InChI=1S/C12H15N3O3S/c1-15(2)11-12(19(4,16)17)14-10-7-8(18-3)5-6-9(10)13-11/h5-7H,1-4H3. The monoisotopic (exact) mass is 281 g/mol. The molecule has 0 aliphatic carbocycles. The molecule has 0 saturated heterocycles. The van der Waals surface area contributed by atoms with Crippen molar-refractivity contribution in [3.05, 3.63) is 18.2 Å². The van der Waals surface area contributed by atoms with Gasteiger partial charge in [-0.15, -0.1) is 0 Å². The third-order valence-electron chi connectivity index (χ3n) is 2.60. The van der Waals surface area contributed by atoms with E-state index in [0.717, 1.165) is 6.26 Å². The maximum absolute atomic E-state index is 11.8. The Morgan fingerprint density at radius 3 is 2.37 bits per heavy atom. The van der Waals surface area contributed by atoms with Gasteiger partial charge in [0.15, 0.2) is 20.7 Å². The van der Waals surface area contributed by atoms with Crippen molar-refractivity contribution in [2.45, 2.75) is 5.03 Å². The van der Waals surface area contributed by atoms with E-state index in [1.54, 1.807) is 44.3 Å². The second-order valence-corrected chi connectivity index (χ2v) is 6.30. The Morgan fingerprint density at radius 1 is 1.16 bits per heavy atom. The molecule has 1 aromatic carbocycles. The molecule has 7 heteroatoms. The molecule has 0 amide bonds. The Kier molecular flexibility index (Phi) is 3.32. The topological polar surface area (TPSA) is 72.4 Å². The van der Waals surface area contributed by atoms with Gasteiger partial charge in [-0.25, -0.2) is 18.4 Å². The fourth-order valence-corrected chi connectivity index (χ4v) is 2.50.